The van der Waals surface area contributed by atoms with E-state index in [0.29, 0.717) is 19.5 Å². The first-order valence-corrected chi connectivity index (χ1v) is 6.41. The number of nitrogens with zero attached hydrogens (tertiary/aromatic N) is 1. The van der Waals surface area contributed by atoms with Crippen LogP contribution in [0.5, 0.6) is 0 Å². The summed E-state index contributed by atoms with van der Waals surface area (Å²) in [6, 6.07) is 15.7. The maximum absolute atomic E-state index is 12.3. The normalized spacial score (nSPS) is 13.4. The van der Waals surface area contributed by atoms with Gasteiger partial charge in [-0.1, -0.05) is 36.4 Å². The van der Waals surface area contributed by atoms with Crippen LogP contribution in [0, 0.1) is 0 Å². The third-order valence-electron chi connectivity index (χ3n) is 3.50. The van der Waals surface area contributed by atoms with Crippen LogP contribution in [0.25, 0.3) is 0 Å². The summed E-state index contributed by atoms with van der Waals surface area (Å²) in [4.78, 5) is 14.1. The Labute approximate surface area is 112 Å². The van der Waals surface area contributed by atoms with Gasteiger partial charge in [-0.15, -0.1) is 0 Å². The fourth-order valence-corrected chi connectivity index (χ4v) is 2.47. The van der Waals surface area contributed by atoms with Gasteiger partial charge in [-0.05, 0) is 28.8 Å². The standard InChI is InChI=1S/C16H16N2O/c17-15-7-6-13-10-18(11-14(13)9-15)16(19)8-12-4-2-1-3-5-12/h1-7,9H,8,10-11,17H2. The number of fused-ring (bicyclic) bond motifs is 1. The number of nitrogens with two attached hydrogens (primary N) is 1. The van der Waals surface area contributed by atoms with Gasteiger partial charge in [0.15, 0.2) is 0 Å². The second-order valence-electron chi connectivity index (χ2n) is 4.94. The average molecular weight is 252 g/mol. The molecule has 1 amide bonds. The first-order chi connectivity index (χ1) is 9.22. The SMILES string of the molecule is Nc1ccc2c(c1)CN(C(=O)Cc1ccccc1)C2. The van der Waals surface area contributed by atoms with Crippen molar-refractivity contribution in [3.8, 4) is 0 Å². The van der Waals surface area contributed by atoms with E-state index in [2.05, 4.69) is 0 Å². The number of hydrogen-bond acceptors (Lipinski definition) is 2. The van der Waals surface area contributed by atoms with Gasteiger partial charge in [-0.2, -0.15) is 0 Å². The molecule has 0 bridgehead atoms. The Hall–Kier alpha value is -2.29. The molecule has 0 atom stereocenters. The molecular weight excluding hydrogens is 236 g/mol. The lowest BCUT2D eigenvalue weighted by Gasteiger charge is -2.15. The van der Waals surface area contributed by atoms with Crippen LogP contribution in [0.1, 0.15) is 16.7 Å². The highest BCUT2D eigenvalue weighted by Gasteiger charge is 2.23. The maximum atomic E-state index is 12.3. The molecule has 1 aliphatic heterocycles. The summed E-state index contributed by atoms with van der Waals surface area (Å²) >= 11 is 0. The second-order valence-corrected chi connectivity index (χ2v) is 4.94. The van der Waals surface area contributed by atoms with Gasteiger partial charge in [-0.25, -0.2) is 0 Å². The van der Waals surface area contributed by atoms with Crippen LogP contribution < -0.4 is 5.73 Å². The Morgan fingerprint density at radius 3 is 2.58 bits per heavy atom. The van der Waals surface area contributed by atoms with E-state index in [1.54, 1.807) is 0 Å². The van der Waals surface area contributed by atoms with Crippen molar-refractivity contribution >= 4 is 11.6 Å². The fraction of sp³-hybridized carbons (Fsp3) is 0.188. The van der Waals surface area contributed by atoms with Crippen LogP contribution in [0.3, 0.4) is 0 Å². The lowest BCUT2D eigenvalue weighted by molar-refractivity contribution is -0.131. The molecule has 0 radical (unpaired) electrons. The van der Waals surface area contributed by atoms with Gasteiger partial charge in [0.25, 0.3) is 0 Å². The van der Waals surface area contributed by atoms with Crippen molar-refractivity contribution in [3.63, 3.8) is 0 Å². The number of hydrogen-bond donors (Lipinski definition) is 1. The Balaban J connectivity index is 1.71. The quantitative estimate of drug-likeness (QED) is 0.834. The molecule has 1 aliphatic rings. The topological polar surface area (TPSA) is 46.3 Å². The number of carbonyl (C=O) groups excluding carboxylic acids is 1. The van der Waals surface area contributed by atoms with E-state index in [9.17, 15) is 4.79 Å². The van der Waals surface area contributed by atoms with E-state index in [0.717, 1.165) is 11.3 Å². The molecule has 0 spiro atoms. The lowest BCUT2D eigenvalue weighted by atomic mass is 10.1. The summed E-state index contributed by atoms with van der Waals surface area (Å²) in [5.41, 5.74) is 9.96. The van der Waals surface area contributed by atoms with E-state index < -0.39 is 0 Å². The van der Waals surface area contributed by atoms with Gasteiger partial charge in [0.05, 0.1) is 6.42 Å². The van der Waals surface area contributed by atoms with Crippen molar-refractivity contribution in [1.82, 2.24) is 4.90 Å². The first kappa shape index (κ1) is 11.8. The summed E-state index contributed by atoms with van der Waals surface area (Å²) in [5.74, 6) is 0.168. The molecule has 19 heavy (non-hydrogen) atoms. The molecule has 0 saturated heterocycles. The molecule has 2 N–H and O–H groups in total. The van der Waals surface area contributed by atoms with Gasteiger partial charge in [-0.3, -0.25) is 4.79 Å². The molecule has 96 valence electrons. The van der Waals surface area contributed by atoms with Gasteiger partial charge < -0.3 is 10.6 Å². The predicted octanol–water partition coefficient (Wildman–Crippen LogP) is 2.35. The minimum atomic E-state index is 0.168. The number of amides is 1. The Kier molecular flexibility index (Phi) is 2.95. The van der Waals surface area contributed by atoms with Crippen molar-refractivity contribution in [1.29, 1.82) is 0 Å². The summed E-state index contributed by atoms with van der Waals surface area (Å²) in [5, 5.41) is 0. The van der Waals surface area contributed by atoms with E-state index in [1.165, 1.54) is 11.1 Å². The molecule has 0 saturated carbocycles. The number of benzene rings is 2. The second kappa shape index (κ2) is 4.76. The monoisotopic (exact) mass is 252 g/mol. The third-order valence-corrected chi connectivity index (χ3v) is 3.50. The van der Waals surface area contributed by atoms with Gasteiger partial charge in [0.1, 0.15) is 0 Å². The van der Waals surface area contributed by atoms with Crippen molar-refractivity contribution in [3.05, 3.63) is 65.2 Å². The predicted molar refractivity (Wildman–Crippen MR) is 75.3 cm³/mol. The van der Waals surface area contributed by atoms with E-state index in [-0.39, 0.29) is 5.91 Å². The average Bonchev–Trinajstić information content (AvgIpc) is 2.83. The summed E-state index contributed by atoms with van der Waals surface area (Å²) in [7, 11) is 0. The summed E-state index contributed by atoms with van der Waals surface area (Å²) < 4.78 is 0. The molecule has 3 heteroatoms. The van der Waals surface area contributed by atoms with Crippen molar-refractivity contribution in [2.75, 3.05) is 5.73 Å². The number of nitrogen functional groups attached to an aromatic ring is 1. The van der Waals surface area contributed by atoms with Crippen molar-refractivity contribution in [2.24, 2.45) is 0 Å². The lowest BCUT2D eigenvalue weighted by Crippen LogP contribution is -2.26. The van der Waals surface area contributed by atoms with Crippen LogP contribution >= 0.6 is 0 Å². The largest absolute Gasteiger partial charge is 0.399 e. The van der Waals surface area contributed by atoms with E-state index >= 15 is 0 Å². The fourth-order valence-electron chi connectivity index (χ4n) is 2.47. The smallest absolute Gasteiger partial charge is 0.227 e. The number of anilines is 1. The Morgan fingerprint density at radius 2 is 1.79 bits per heavy atom. The molecule has 0 unspecified atom stereocenters. The maximum Gasteiger partial charge on any atom is 0.227 e. The highest BCUT2D eigenvalue weighted by atomic mass is 16.2. The first-order valence-electron chi connectivity index (χ1n) is 6.41. The van der Waals surface area contributed by atoms with Crippen LogP contribution in [-0.2, 0) is 24.3 Å². The highest BCUT2D eigenvalue weighted by molar-refractivity contribution is 5.79. The molecule has 3 rings (SSSR count). The zero-order valence-electron chi connectivity index (χ0n) is 10.7. The molecule has 2 aromatic carbocycles. The van der Waals surface area contributed by atoms with Crippen LogP contribution in [0.2, 0.25) is 0 Å². The summed E-state index contributed by atoms with van der Waals surface area (Å²) in [6.45, 7) is 1.37. The third kappa shape index (κ3) is 2.45. The number of carbonyl (C=O) groups is 1. The zero-order valence-corrected chi connectivity index (χ0v) is 10.7. The van der Waals surface area contributed by atoms with Gasteiger partial charge in [0.2, 0.25) is 5.91 Å². The Morgan fingerprint density at radius 1 is 1.05 bits per heavy atom. The van der Waals surface area contributed by atoms with Gasteiger partial charge in [0, 0.05) is 18.8 Å². The molecule has 0 aromatic heterocycles. The van der Waals surface area contributed by atoms with Crippen LogP contribution in [0.4, 0.5) is 5.69 Å². The molecule has 3 nitrogen and oxygen atoms in total. The highest BCUT2D eigenvalue weighted by Crippen LogP contribution is 2.25. The Bertz CT molecular complexity index is 607. The zero-order chi connectivity index (χ0) is 13.2. The van der Waals surface area contributed by atoms with Crippen molar-refractivity contribution < 1.29 is 4.79 Å². The van der Waals surface area contributed by atoms with Gasteiger partial charge >= 0.3 is 0 Å². The van der Waals surface area contributed by atoms with Crippen LogP contribution in [0.15, 0.2) is 48.5 Å². The minimum absolute atomic E-state index is 0.168. The molecule has 1 heterocycles. The molecule has 2 aromatic rings. The molecular formula is C16H16N2O. The molecule has 0 fully saturated rings. The van der Waals surface area contributed by atoms with Crippen molar-refractivity contribution in [2.45, 2.75) is 19.5 Å². The molecule has 0 aliphatic carbocycles. The van der Waals surface area contributed by atoms with E-state index in [1.807, 2.05) is 53.4 Å². The van der Waals surface area contributed by atoms with E-state index in [4.69, 9.17) is 5.73 Å². The summed E-state index contributed by atoms with van der Waals surface area (Å²) in [6.07, 6.45) is 0.463. The van der Waals surface area contributed by atoms with Crippen LogP contribution in [-0.4, -0.2) is 10.8 Å². The number of rotatable bonds is 2. The minimum Gasteiger partial charge on any atom is -0.399 e.